The average molecular weight is 289 g/mol. The van der Waals surface area contributed by atoms with E-state index < -0.39 is 11.6 Å². The number of piperidine rings is 1. The van der Waals surface area contributed by atoms with E-state index in [9.17, 15) is 13.6 Å². The Kier molecular flexibility index (Phi) is 4.71. The van der Waals surface area contributed by atoms with Crippen molar-refractivity contribution < 1.29 is 13.6 Å². The summed E-state index contributed by atoms with van der Waals surface area (Å²) >= 11 is 5.72. The second kappa shape index (κ2) is 6.30. The molecular weight excluding hydrogens is 274 g/mol. The number of benzene rings is 1. The minimum atomic E-state index is -0.633. The second-order valence-electron chi connectivity index (χ2n) is 4.61. The van der Waals surface area contributed by atoms with E-state index in [1.165, 1.54) is 0 Å². The summed E-state index contributed by atoms with van der Waals surface area (Å²) in [4.78, 5) is 11.2. The van der Waals surface area contributed by atoms with Crippen molar-refractivity contribution in [2.75, 3.05) is 6.54 Å². The molecule has 1 heterocycles. The van der Waals surface area contributed by atoms with Gasteiger partial charge >= 0.3 is 0 Å². The molecule has 19 heavy (non-hydrogen) atoms. The Morgan fingerprint density at radius 3 is 2.84 bits per heavy atom. The molecule has 1 amide bonds. The minimum Gasteiger partial charge on any atom is -0.352 e. The van der Waals surface area contributed by atoms with Crippen molar-refractivity contribution in [2.24, 2.45) is 0 Å². The molecule has 1 saturated heterocycles. The number of nitrogens with one attached hydrogen (secondary N) is 2. The lowest BCUT2D eigenvalue weighted by Gasteiger charge is -2.23. The summed E-state index contributed by atoms with van der Waals surface area (Å²) in [5.41, 5.74) is 0.115. The first-order valence-corrected chi connectivity index (χ1v) is 6.58. The van der Waals surface area contributed by atoms with Gasteiger partial charge in [0.2, 0.25) is 5.91 Å². The van der Waals surface area contributed by atoms with Crippen LogP contribution >= 0.6 is 11.6 Å². The summed E-state index contributed by atoms with van der Waals surface area (Å²) < 4.78 is 26.7. The van der Waals surface area contributed by atoms with Gasteiger partial charge in [0.1, 0.15) is 11.6 Å². The van der Waals surface area contributed by atoms with Crippen LogP contribution in [0.1, 0.15) is 24.8 Å². The van der Waals surface area contributed by atoms with E-state index in [0.29, 0.717) is 13.0 Å². The number of amides is 1. The highest BCUT2D eigenvalue weighted by Crippen LogP contribution is 2.22. The maximum Gasteiger partial charge on any atom is 0.220 e. The predicted octanol–water partition coefficient (Wildman–Crippen LogP) is 2.38. The van der Waals surface area contributed by atoms with Gasteiger partial charge in [-0.2, -0.15) is 0 Å². The van der Waals surface area contributed by atoms with Gasteiger partial charge in [-0.05, 0) is 25.0 Å². The van der Waals surface area contributed by atoms with Gasteiger partial charge in [0.15, 0.2) is 0 Å². The number of halogens is 3. The van der Waals surface area contributed by atoms with Crippen LogP contribution in [0.5, 0.6) is 0 Å². The van der Waals surface area contributed by atoms with E-state index in [-0.39, 0.29) is 29.1 Å². The Bertz CT molecular complexity index is 482. The van der Waals surface area contributed by atoms with Crippen LogP contribution in [-0.2, 0) is 11.3 Å². The topological polar surface area (TPSA) is 41.1 Å². The number of hydrogen-bond donors (Lipinski definition) is 2. The smallest absolute Gasteiger partial charge is 0.220 e. The lowest BCUT2D eigenvalue weighted by Crippen LogP contribution is -2.44. The fourth-order valence-electron chi connectivity index (χ4n) is 2.14. The Morgan fingerprint density at radius 1 is 1.37 bits per heavy atom. The maximum atomic E-state index is 13.5. The Hall–Kier alpha value is -1.20. The van der Waals surface area contributed by atoms with Crippen molar-refractivity contribution in [1.82, 2.24) is 10.6 Å². The van der Waals surface area contributed by atoms with Crippen LogP contribution in [0.15, 0.2) is 12.1 Å². The fourth-order valence-corrected chi connectivity index (χ4v) is 2.36. The molecule has 0 aliphatic carbocycles. The third-order valence-corrected chi connectivity index (χ3v) is 3.56. The zero-order chi connectivity index (χ0) is 13.8. The van der Waals surface area contributed by atoms with E-state index >= 15 is 0 Å². The first-order chi connectivity index (χ1) is 9.08. The Balaban J connectivity index is 1.89. The van der Waals surface area contributed by atoms with Crippen molar-refractivity contribution in [1.29, 1.82) is 0 Å². The average Bonchev–Trinajstić information content (AvgIpc) is 2.38. The highest BCUT2D eigenvalue weighted by Gasteiger charge is 2.18. The highest BCUT2D eigenvalue weighted by molar-refractivity contribution is 6.31. The molecule has 2 N–H and O–H groups in total. The second-order valence-corrected chi connectivity index (χ2v) is 4.99. The Labute approximate surface area is 115 Å². The van der Waals surface area contributed by atoms with Gasteiger partial charge in [-0.15, -0.1) is 0 Å². The SMILES string of the molecule is O=C1CCC[C@H](CNCc2c(F)ccc(F)c2Cl)N1. The predicted molar refractivity (Wildman–Crippen MR) is 68.9 cm³/mol. The maximum absolute atomic E-state index is 13.5. The molecule has 0 saturated carbocycles. The molecule has 0 spiro atoms. The molecule has 3 nitrogen and oxygen atoms in total. The first-order valence-electron chi connectivity index (χ1n) is 6.20. The van der Waals surface area contributed by atoms with E-state index in [4.69, 9.17) is 11.6 Å². The molecule has 0 radical (unpaired) electrons. The normalized spacial score (nSPS) is 19.3. The third kappa shape index (κ3) is 3.64. The summed E-state index contributed by atoms with van der Waals surface area (Å²) in [7, 11) is 0. The Morgan fingerprint density at radius 2 is 2.11 bits per heavy atom. The number of carbonyl (C=O) groups excluding carboxylic acids is 1. The van der Waals surface area contributed by atoms with E-state index in [1.807, 2.05) is 0 Å². The van der Waals surface area contributed by atoms with Gasteiger partial charge in [0, 0.05) is 31.1 Å². The molecule has 0 aromatic heterocycles. The summed E-state index contributed by atoms with van der Waals surface area (Å²) in [6, 6.07) is 2.10. The monoisotopic (exact) mass is 288 g/mol. The van der Waals surface area contributed by atoms with E-state index in [1.54, 1.807) is 0 Å². The third-order valence-electron chi connectivity index (χ3n) is 3.15. The lowest BCUT2D eigenvalue weighted by atomic mass is 10.0. The molecule has 0 unspecified atom stereocenters. The summed E-state index contributed by atoms with van der Waals surface area (Å²) in [6.45, 7) is 0.646. The van der Waals surface area contributed by atoms with Crippen LogP contribution in [0.2, 0.25) is 5.02 Å². The standard InChI is InChI=1S/C13H15ClF2N2O/c14-13-9(10(15)4-5-11(13)16)7-17-6-8-2-1-3-12(19)18-8/h4-5,8,17H,1-3,6-7H2,(H,18,19)/t8-/m1/s1. The van der Waals surface area contributed by atoms with Crippen molar-refractivity contribution in [3.05, 3.63) is 34.4 Å². The molecule has 1 aromatic rings. The van der Waals surface area contributed by atoms with Gasteiger partial charge in [-0.25, -0.2) is 8.78 Å². The highest BCUT2D eigenvalue weighted by atomic mass is 35.5. The van der Waals surface area contributed by atoms with Crippen LogP contribution in [0.4, 0.5) is 8.78 Å². The van der Waals surface area contributed by atoms with Crippen molar-refractivity contribution in [3.8, 4) is 0 Å². The fraction of sp³-hybridized carbons (Fsp3) is 0.462. The van der Waals surface area contributed by atoms with Crippen LogP contribution in [0.25, 0.3) is 0 Å². The van der Waals surface area contributed by atoms with Gasteiger partial charge in [-0.3, -0.25) is 4.79 Å². The van der Waals surface area contributed by atoms with Gasteiger partial charge in [-0.1, -0.05) is 11.6 Å². The molecule has 2 rings (SSSR count). The van der Waals surface area contributed by atoms with Crippen LogP contribution in [0.3, 0.4) is 0 Å². The van der Waals surface area contributed by atoms with Crippen molar-refractivity contribution in [3.63, 3.8) is 0 Å². The van der Waals surface area contributed by atoms with Crippen LogP contribution in [0, 0.1) is 11.6 Å². The molecular formula is C13H15ClF2N2O. The first kappa shape index (κ1) is 14.2. The van der Waals surface area contributed by atoms with Crippen LogP contribution in [-0.4, -0.2) is 18.5 Å². The van der Waals surface area contributed by atoms with Crippen LogP contribution < -0.4 is 10.6 Å². The number of carbonyl (C=O) groups is 1. The largest absolute Gasteiger partial charge is 0.352 e. The van der Waals surface area contributed by atoms with Crippen molar-refractivity contribution >= 4 is 17.5 Å². The molecule has 1 fully saturated rings. The number of hydrogen-bond acceptors (Lipinski definition) is 2. The zero-order valence-corrected chi connectivity index (χ0v) is 11.1. The minimum absolute atomic E-state index is 0.0352. The quantitative estimate of drug-likeness (QED) is 0.835. The van der Waals surface area contributed by atoms with Gasteiger partial charge in [0.25, 0.3) is 0 Å². The zero-order valence-electron chi connectivity index (χ0n) is 10.3. The molecule has 0 bridgehead atoms. The van der Waals surface area contributed by atoms with E-state index in [0.717, 1.165) is 25.0 Å². The summed E-state index contributed by atoms with van der Waals surface area (Å²) in [5, 5.41) is 5.64. The molecule has 1 aliphatic heterocycles. The summed E-state index contributed by atoms with van der Waals surface area (Å²) in [6.07, 6.45) is 2.30. The van der Waals surface area contributed by atoms with Gasteiger partial charge < -0.3 is 10.6 Å². The molecule has 1 aromatic carbocycles. The molecule has 6 heteroatoms. The van der Waals surface area contributed by atoms with Crippen molar-refractivity contribution in [2.45, 2.75) is 31.8 Å². The molecule has 1 atom stereocenters. The summed E-state index contributed by atoms with van der Waals surface area (Å²) in [5.74, 6) is -1.13. The molecule has 104 valence electrons. The lowest BCUT2D eigenvalue weighted by molar-refractivity contribution is -0.123. The number of rotatable bonds is 4. The molecule has 1 aliphatic rings. The van der Waals surface area contributed by atoms with E-state index in [2.05, 4.69) is 10.6 Å². The van der Waals surface area contributed by atoms with Gasteiger partial charge in [0.05, 0.1) is 5.02 Å².